The zero-order valence-corrected chi connectivity index (χ0v) is 10.4. The molecule has 0 aliphatic heterocycles. The van der Waals surface area contributed by atoms with Crippen molar-refractivity contribution in [2.45, 2.75) is 36.6 Å². The maximum absolute atomic E-state index is 13.5. The fourth-order valence-electron chi connectivity index (χ4n) is 2.16. The summed E-state index contributed by atoms with van der Waals surface area (Å²) in [6.07, 6.45) is 3.22. The molecule has 0 unspecified atom stereocenters. The fraction of sp³-hybridized carbons (Fsp3) is 0.455. The van der Waals surface area contributed by atoms with Crippen molar-refractivity contribution in [3.63, 3.8) is 0 Å². The summed E-state index contributed by atoms with van der Waals surface area (Å²) >= 11 is 0. The van der Waals surface area contributed by atoms with Crippen LogP contribution in [-0.2, 0) is 10.0 Å². The van der Waals surface area contributed by atoms with Crippen LogP contribution in [0.4, 0.5) is 14.5 Å². The first kappa shape index (κ1) is 13.2. The topological polar surface area (TPSA) is 72.2 Å². The molecule has 0 atom stereocenters. The zero-order chi connectivity index (χ0) is 13.3. The minimum Gasteiger partial charge on any atom is -0.399 e. The minimum atomic E-state index is -4.18. The van der Waals surface area contributed by atoms with Crippen LogP contribution in [0.5, 0.6) is 0 Å². The molecule has 1 aromatic carbocycles. The van der Waals surface area contributed by atoms with Crippen molar-refractivity contribution in [2.24, 2.45) is 0 Å². The number of sulfonamides is 1. The normalized spacial score (nSPS) is 17.2. The number of nitrogens with two attached hydrogens (primary N) is 1. The summed E-state index contributed by atoms with van der Waals surface area (Å²) in [5, 5.41) is 0. The van der Waals surface area contributed by atoms with E-state index in [9.17, 15) is 17.2 Å². The van der Waals surface area contributed by atoms with E-state index in [0.29, 0.717) is 12.8 Å². The van der Waals surface area contributed by atoms with Crippen molar-refractivity contribution in [1.29, 1.82) is 0 Å². The van der Waals surface area contributed by atoms with Crippen molar-refractivity contribution >= 4 is 15.7 Å². The molecule has 0 amide bonds. The van der Waals surface area contributed by atoms with Crippen molar-refractivity contribution in [3.05, 3.63) is 23.8 Å². The first-order chi connectivity index (χ1) is 8.40. The summed E-state index contributed by atoms with van der Waals surface area (Å²) in [7, 11) is -4.18. The van der Waals surface area contributed by atoms with Gasteiger partial charge in [-0.2, -0.15) is 0 Å². The van der Waals surface area contributed by atoms with Crippen LogP contribution in [0.1, 0.15) is 25.7 Å². The van der Waals surface area contributed by atoms with Gasteiger partial charge in [-0.15, -0.1) is 0 Å². The third-order valence-electron chi connectivity index (χ3n) is 2.97. The Bertz CT molecular complexity index is 531. The number of nitrogens with one attached hydrogen (secondary N) is 1. The van der Waals surface area contributed by atoms with Gasteiger partial charge in [0.2, 0.25) is 10.0 Å². The molecule has 2 rings (SSSR count). The van der Waals surface area contributed by atoms with Crippen LogP contribution >= 0.6 is 0 Å². The van der Waals surface area contributed by atoms with E-state index in [-0.39, 0.29) is 11.7 Å². The average Bonchev–Trinajstić information content (AvgIpc) is 2.66. The van der Waals surface area contributed by atoms with Crippen LogP contribution in [0.25, 0.3) is 0 Å². The van der Waals surface area contributed by atoms with Crippen molar-refractivity contribution in [1.82, 2.24) is 4.72 Å². The maximum Gasteiger partial charge on any atom is 0.246 e. The lowest BCUT2D eigenvalue weighted by Crippen LogP contribution is -2.33. The largest absolute Gasteiger partial charge is 0.399 e. The van der Waals surface area contributed by atoms with Gasteiger partial charge in [-0.05, 0) is 25.0 Å². The van der Waals surface area contributed by atoms with Crippen LogP contribution in [-0.4, -0.2) is 14.5 Å². The number of rotatable bonds is 3. The van der Waals surface area contributed by atoms with E-state index in [4.69, 9.17) is 5.73 Å². The Morgan fingerprint density at radius 2 is 1.67 bits per heavy atom. The van der Waals surface area contributed by atoms with E-state index in [1.54, 1.807) is 0 Å². The van der Waals surface area contributed by atoms with Gasteiger partial charge in [-0.3, -0.25) is 0 Å². The highest BCUT2D eigenvalue weighted by atomic mass is 32.2. The van der Waals surface area contributed by atoms with Crippen LogP contribution in [0.2, 0.25) is 0 Å². The summed E-state index contributed by atoms with van der Waals surface area (Å²) < 4.78 is 53.2. The molecular formula is C11H14F2N2O2S. The Labute approximate surface area is 104 Å². The summed E-state index contributed by atoms with van der Waals surface area (Å²) in [5.74, 6) is -2.34. The van der Waals surface area contributed by atoms with Gasteiger partial charge in [0.1, 0.15) is 11.6 Å². The van der Waals surface area contributed by atoms with Crippen LogP contribution in [0.3, 0.4) is 0 Å². The molecule has 1 saturated carbocycles. The molecule has 4 nitrogen and oxygen atoms in total. The standard InChI is InChI=1S/C11H14F2N2O2S/c12-9-5-7(14)6-10(13)11(9)18(16,17)15-8-3-1-2-4-8/h5-6,8,15H,1-4,14H2. The molecule has 18 heavy (non-hydrogen) atoms. The Morgan fingerprint density at radius 3 is 2.17 bits per heavy atom. The lowest BCUT2D eigenvalue weighted by molar-refractivity contribution is 0.505. The first-order valence-corrected chi connectivity index (χ1v) is 7.15. The highest BCUT2D eigenvalue weighted by Crippen LogP contribution is 2.24. The van der Waals surface area contributed by atoms with Gasteiger partial charge < -0.3 is 5.73 Å². The minimum absolute atomic E-state index is 0.148. The van der Waals surface area contributed by atoms with Crippen LogP contribution < -0.4 is 10.5 Å². The molecule has 0 bridgehead atoms. The summed E-state index contributed by atoms with van der Waals surface area (Å²) in [6.45, 7) is 0. The van der Waals surface area contributed by atoms with Gasteiger partial charge in [-0.1, -0.05) is 12.8 Å². The highest BCUT2D eigenvalue weighted by Gasteiger charge is 2.28. The van der Waals surface area contributed by atoms with Gasteiger partial charge in [0.05, 0.1) is 0 Å². The molecule has 7 heteroatoms. The second kappa shape index (κ2) is 4.81. The lowest BCUT2D eigenvalue weighted by Gasteiger charge is -2.13. The molecule has 100 valence electrons. The summed E-state index contributed by atoms with van der Waals surface area (Å²) in [4.78, 5) is -0.955. The quantitative estimate of drug-likeness (QED) is 0.826. The van der Waals surface area contributed by atoms with Gasteiger partial charge >= 0.3 is 0 Å². The van der Waals surface area contributed by atoms with Gasteiger partial charge in [-0.25, -0.2) is 21.9 Å². The monoisotopic (exact) mass is 276 g/mol. The highest BCUT2D eigenvalue weighted by molar-refractivity contribution is 7.89. The van der Waals surface area contributed by atoms with E-state index in [0.717, 1.165) is 25.0 Å². The lowest BCUT2D eigenvalue weighted by atomic mass is 10.3. The number of anilines is 1. The second-order valence-electron chi connectivity index (χ2n) is 4.42. The zero-order valence-electron chi connectivity index (χ0n) is 9.62. The Kier molecular flexibility index (Phi) is 3.54. The molecule has 1 aromatic rings. The van der Waals surface area contributed by atoms with E-state index in [2.05, 4.69) is 4.72 Å². The Balaban J connectivity index is 2.34. The SMILES string of the molecule is Nc1cc(F)c(S(=O)(=O)NC2CCCC2)c(F)c1. The van der Waals surface area contributed by atoms with Gasteiger partial charge in [0.15, 0.2) is 4.90 Å². The van der Waals surface area contributed by atoms with Crippen LogP contribution in [0, 0.1) is 11.6 Å². The molecule has 3 N–H and O–H groups in total. The number of halogens is 2. The van der Waals surface area contributed by atoms with Gasteiger partial charge in [0.25, 0.3) is 0 Å². The van der Waals surface area contributed by atoms with E-state index >= 15 is 0 Å². The Morgan fingerprint density at radius 1 is 1.17 bits per heavy atom. The second-order valence-corrected chi connectivity index (χ2v) is 6.07. The molecule has 0 saturated heterocycles. The van der Waals surface area contributed by atoms with Crippen molar-refractivity contribution < 1.29 is 17.2 Å². The summed E-state index contributed by atoms with van der Waals surface area (Å²) in [5.41, 5.74) is 5.09. The van der Waals surface area contributed by atoms with E-state index in [1.807, 2.05) is 0 Å². The predicted molar refractivity (Wildman–Crippen MR) is 63.3 cm³/mol. The van der Waals surface area contributed by atoms with E-state index < -0.39 is 26.6 Å². The van der Waals surface area contributed by atoms with E-state index in [1.165, 1.54) is 0 Å². The molecule has 0 radical (unpaired) electrons. The number of benzene rings is 1. The fourth-order valence-corrected chi connectivity index (χ4v) is 3.58. The number of hydrogen-bond acceptors (Lipinski definition) is 3. The summed E-state index contributed by atoms with van der Waals surface area (Å²) in [6, 6.07) is 1.35. The molecule has 1 fully saturated rings. The molecule has 0 heterocycles. The average molecular weight is 276 g/mol. The third-order valence-corrected chi connectivity index (χ3v) is 4.54. The Hall–Kier alpha value is -1.21. The molecule has 1 aliphatic rings. The molecule has 0 aromatic heterocycles. The van der Waals surface area contributed by atoms with Crippen LogP contribution in [0.15, 0.2) is 17.0 Å². The van der Waals surface area contributed by atoms with Gasteiger partial charge in [0, 0.05) is 11.7 Å². The number of nitrogen functional groups attached to an aromatic ring is 1. The third kappa shape index (κ3) is 2.62. The molecular weight excluding hydrogens is 262 g/mol. The van der Waals surface area contributed by atoms with Crippen molar-refractivity contribution in [3.8, 4) is 0 Å². The first-order valence-electron chi connectivity index (χ1n) is 5.67. The van der Waals surface area contributed by atoms with Crippen molar-refractivity contribution in [2.75, 3.05) is 5.73 Å². The molecule has 0 spiro atoms. The number of hydrogen-bond donors (Lipinski definition) is 2. The molecule has 1 aliphatic carbocycles. The predicted octanol–water partition coefficient (Wildman–Crippen LogP) is 1.77. The smallest absolute Gasteiger partial charge is 0.246 e. The maximum atomic E-state index is 13.5.